The fourth-order valence-electron chi connectivity index (χ4n) is 2.45. The second kappa shape index (κ2) is 4.67. The topological polar surface area (TPSA) is 12.9 Å². The molecule has 0 aliphatic rings. The molecule has 0 aliphatic carbocycles. The van der Waals surface area contributed by atoms with Gasteiger partial charge < -0.3 is 0 Å². The summed E-state index contributed by atoms with van der Waals surface area (Å²) in [7, 11) is 0. The summed E-state index contributed by atoms with van der Waals surface area (Å²) in [6.45, 7) is 4.17. The van der Waals surface area contributed by atoms with Gasteiger partial charge >= 0.3 is 0 Å². The second-order valence-corrected chi connectivity index (χ2v) is 5.20. The number of nitrogens with zero attached hydrogens (tertiary/aromatic N) is 1. The lowest BCUT2D eigenvalue weighted by Crippen LogP contribution is -1.89. The molecule has 0 saturated carbocycles. The third-order valence-electron chi connectivity index (χ3n) is 3.29. The average Bonchev–Trinajstić information content (AvgIpc) is 2.40. The average molecular weight is 268 g/mol. The summed E-state index contributed by atoms with van der Waals surface area (Å²) in [5.41, 5.74) is 5.47. The van der Waals surface area contributed by atoms with Gasteiger partial charge in [-0.1, -0.05) is 53.6 Å². The Kier molecular flexibility index (Phi) is 3.00. The van der Waals surface area contributed by atoms with Crippen molar-refractivity contribution in [1.29, 1.82) is 0 Å². The van der Waals surface area contributed by atoms with Crippen LogP contribution in [-0.2, 0) is 0 Å². The molecule has 1 aromatic heterocycles. The van der Waals surface area contributed by atoms with Crippen LogP contribution in [0, 0.1) is 13.8 Å². The van der Waals surface area contributed by atoms with Gasteiger partial charge in [-0.3, -0.25) is 0 Å². The summed E-state index contributed by atoms with van der Waals surface area (Å²) in [6.07, 6.45) is 0. The molecule has 0 N–H and O–H groups in total. The van der Waals surface area contributed by atoms with Crippen molar-refractivity contribution in [1.82, 2.24) is 4.98 Å². The fraction of sp³-hybridized carbons (Fsp3) is 0.118. The van der Waals surface area contributed by atoms with Gasteiger partial charge in [0.1, 0.15) is 5.15 Å². The maximum absolute atomic E-state index is 6.34. The minimum absolute atomic E-state index is 0.561. The van der Waals surface area contributed by atoms with Crippen LogP contribution < -0.4 is 0 Å². The molecule has 2 aromatic carbocycles. The fourth-order valence-corrected chi connectivity index (χ4v) is 2.70. The largest absolute Gasteiger partial charge is 0.235 e. The third-order valence-corrected chi connectivity index (χ3v) is 3.58. The number of fused-ring (bicyclic) bond motifs is 1. The molecule has 1 heterocycles. The van der Waals surface area contributed by atoms with E-state index in [2.05, 4.69) is 49.2 Å². The Morgan fingerprint density at radius 3 is 2.42 bits per heavy atom. The highest BCUT2D eigenvalue weighted by Crippen LogP contribution is 2.31. The van der Waals surface area contributed by atoms with Crippen molar-refractivity contribution in [3.05, 3.63) is 64.8 Å². The number of hydrogen-bond donors (Lipinski definition) is 0. The van der Waals surface area contributed by atoms with Crippen LogP contribution in [0.5, 0.6) is 0 Å². The predicted octanol–water partition coefficient (Wildman–Crippen LogP) is 5.17. The molecule has 3 aromatic rings. The Morgan fingerprint density at radius 2 is 1.68 bits per heavy atom. The quantitative estimate of drug-likeness (QED) is 0.554. The minimum atomic E-state index is 0.561. The Hall–Kier alpha value is -1.86. The van der Waals surface area contributed by atoms with E-state index in [9.17, 15) is 0 Å². The van der Waals surface area contributed by atoms with Gasteiger partial charge in [-0.2, -0.15) is 0 Å². The standard InChI is InChI=1S/C17H14ClN/c1-11-8-12(2)16-14(9-11)10-15(17(18)19-16)13-6-4-3-5-7-13/h3-10H,1-2H3. The number of halogens is 1. The summed E-state index contributed by atoms with van der Waals surface area (Å²) in [5, 5.41) is 1.70. The van der Waals surface area contributed by atoms with Gasteiger partial charge in [-0.15, -0.1) is 0 Å². The molecule has 0 amide bonds. The molecular weight excluding hydrogens is 254 g/mol. The molecule has 0 aliphatic heterocycles. The highest BCUT2D eigenvalue weighted by atomic mass is 35.5. The van der Waals surface area contributed by atoms with Crippen LogP contribution in [0.4, 0.5) is 0 Å². The first-order valence-corrected chi connectivity index (χ1v) is 6.66. The molecule has 0 saturated heterocycles. The summed E-state index contributed by atoms with van der Waals surface area (Å²) in [6, 6.07) is 16.5. The Morgan fingerprint density at radius 1 is 0.947 bits per heavy atom. The summed E-state index contributed by atoms with van der Waals surface area (Å²) in [5.74, 6) is 0. The lowest BCUT2D eigenvalue weighted by atomic mass is 10.0. The van der Waals surface area contributed by atoms with E-state index in [1.165, 1.54) is 5.56 Å². The van der Waals surface area contributed by atoms with Crippen LogP contribution in [0.1, 0.15) is 11.1 Å². The minimum Gasteiger partial charge on any atom is -0.235 e. The maximum atomic E-state index is 6.34. The summed E-state index contributed by atoms with van der Waals surface area (Å²) in [4.78, 5) is 4.56. The van der Waals surface area contributed by atoms with Crippen molar-refractivity contribution in [2.24, 2.45) is 0 Å². The van der Waals surface area contributed by atoms with E-state index >= 15 is 0 Å². The van der Waals surface area contributed by atoms with Crippen molar-refractivity contribution in [2.45, 2.75) is 13.8 Å². The Labute approximate surface area is 117 Å². The van der Waals surface area contributed by atoms with E-state index in [0.717, 1.165) is 27.6 Å². The van der Waals surface area contributed by atoms with Crippen LogP contribution in [-0.4, -0.2) is 4.98 Å². The van der Waals surface area contributed by atoms with Crippen LogP contribution in [0.15, 0.2) is 48.5 Å². The normalized spacial score (nSPS) is 10.9. The SMILES string of the molecule is Cc1cc(C)c2nc(Cl)c(-c3ccccc3)cc2c1. The van der Waals surface area contributed by atoms with Crippen molar-refractivity contribution in [2.75, 3.05) is 0 Å². The molecule has 0 spiro atoms. The third kappa shape index (κ3) is 2.22. The van der Waals surface area contributed by atoms with Gasteiger partial charge in [0.05, 0.1) is 5.52 Å². The zero-order chi connectivity index (χ0) is 13.4. The maximum Gasteiger partial charge on any atom is 0.137 e. The van der Waals surface area contributed by atoms with Crippen LogP contribution in [0.3, 0.4) is 0 Å². The zero-order valence-corrected chi connectivity index (χ0v) is 11.7. The van der Waals surface area contributed by atoms with Gasteiger partial charge in [0.2, 0.25) is 0 Å². The van der Waals surface area contributed by atoms with E-state index in [4.69, 9.17) is 11.6 Å². The van der Waals surface area contributed by atoms with Gasteiger partial charge in [-0.05, 0) is 37.1 Å². The first-order chi connectivity index (χ1) is 9.15. The summed E-state index contributed by atoms with van der Waals surface area (Å²) < 4.78 is 0. The predicted molar refractivity (Wildman–Crippen MR) is 81.7 cm³/mol. The first kappa shape index (κ1) is 12.2. The molecule has 0 radical (unpaired) electrons. The van der Waals surface area contributed by atoms with Crippen molar-refractivity contribution < 1.29 is 0 Å². The van der Waals surface area contributed by atoms with E-state index < -0.39 is 0 Å². The van der Waals surface area contributed by atoms with Crippen LogP contribution >= 0.6 is 11.6 Å². The lowest BCUT2D eigenvalue weighted by molar-refractivity contribution is 1.34. The van der Waals surface area contributed by atoms with Gasteiger partial charge in [0, 0.05) is 10.9 Å². The molecular formula is C17H14ClN. The lowest BCUT2D eigenvalue weighted by Gasteiger charge is -2.09. The van der Waals surface area contributed by atoms with Gasteiger partial charge in [0.25, 0.3) is 0 Å². The van der Waals surface area contributed by atoms with E-state index in [-0.39, 0.29) is 0 Å². The van der Waals surface area contributed by atoms with E-state index in [1.807, 2.05) is 18.2 Å². The molecule has 0 unspecified atom stereocenters. The first-order valence-electron chi connectivity index (χ1n) is 6.28. The van der Waals surface area contributed by atoms with Crippen molar-refractivity contribution in [3.8, 4) is 11.1 Å². The molecule has 0 bridgehead atoms. The smallest absolute Gasteiger partial charge is 0.137 e. The van der Waals surface area contributed by atoms with E-state index in [1.54, 1.807) is 0 Å². The number of rotatable bonds is 1. The molecule has 2 heteroatoms. The molecule has 3 rings (SSSR count). The monoisotopic (exact) mass is 267 g/mol. The Bertz CT molecular complexity index is 748. The number of aromatic nitrogens is 1. The van der Waals surface area contributed by atoms with Gasteiger partial charge in [0.15, 0.2) is 0 Å². The number of hydrogen-bond acceptors (Lipinski definition) is 1. The highest BCUT2D eigenvalue weighted by molar-refractivity contribution is 6.32. The molecule has 1 nitrogen and oxygen atoms in total. The molecule has 94 valence electrons. The molecule has 19 heavy (non-hydrogen) atoms. The van der Waals surface area contributed by atoms with E-state index in [0.29, 0.717) is 5.15 Å². The molecule has 0 fully saturated rings. The van der Waals surface area contributed by atoms with Crippen molar-refractivity contribution >= 4 is 22.5 Å². The number of benzene rings is 2. The highest BCUT2D eigenvalue weighted by Gasteiger charge is 2.08. The van der Waals surface area contributed by atoms with Crippen LogP contribution in [0.2, 0.25) is 5.15 Å². The Balaban J connectivity index is 2.31. The van der Waals surface area contributed by atoms with Crippen molar-refractivity contribution in [3.63, 3.8) is 0 Å². The number of aryl methyl sites for hydroxylation is 2. The van der Waals surface area contributed by atoms with Gasteiger partial charge in [-0.25, -0.2) is 4.98 Å². The van der Waals surface area contributed by atoms with Crippen LogP contribution in [0.25, 0.3) is 22.0 Å². The molecule has 0 atom stereocenters. The summed E-state index contributed by atoms with van der Waals surface area (Å²) >= 11 is 6.34. The zero-order valence-electron chi connectivity index (χ0n) is 10.9. The number of pyridine rings is 1. The second-order valence-electron chi connectivity index (χ2n) is 4.85.